The summed E-state index contributed by atoms with van der Waals surface area (Å²) >= 11 is 6.08. The lowest BCUT2D eigenvalue weighted by Gasteiger charge is -2.09. The van der Waals surface area contributed by atoms with Crippen LogP contribution in [0.15, 0.2) is 59.7 Å². The molecule has 0 saturated carbocycles. The second kappa shape index (κ2) is 8.56. The molecule has 0 atom stereocenters. The van der Waals surface area contributed by atoms with Crippen LogP contribution in [0.2, 0.25) is 5.02 Å². The van der Waals surface area contributed by atoms with Gasteiger partial charge in [0.1, 0.15) is 5.75 Å². The lowest BCUT2D eigenvalue weighted by atomic mass is 10.0. The molecule has 0 aliphatic rings. The van der Waals surface area contributed by atoms with E-state index < -0.39 is 0 Å². The largest absolute Gasteiger partial charge is 0.496 e. The number of anilines is 1. The van der Waals surface area contributed by atoms with Crippen molar-refractivity contribution < 1.29 is 9.53 Å². The first-order valence-corrected chi connectivity index (χ1v) is 8.84. The molecule has 3 aromatic rings. The van der Waals surface area contributed by atoms with E-state index in [0.717, 1.165) is 33.3 Å². The van der Waals surface area contributed by atoms with Gasteiger partial charge < -0.3 is 10.1 Å². The molecule has 0 unspecified atom stereocenters. The lowest BCUT2D eigenvalue weighted by Crippen LogP contribution is -2.26. The average Bonchev–Trinajstić information content (AvgIpc) is 2.69. The number of nitrogens with one attached hydrogen (secondary N) is 2. The summed E-state index contributed by atoms with van der Waals surface area (Å²) in [5, 5.41) is 9.78. The average molecular weight is 382 g/mol. The van der Waals surface area contributed by atoms with E-state index in [1.54, 1.807) is 13.3 Å². The maximum Gasteiger partial charge on any atom is 0.259 e. The van der Waals surface area contributed by atoms with Gasteiger partial charge >= 0.3 is 0 Å². The number of benzene rings is 3. The molecule has 0 aromatic heterocycles. The molecule has 27 heavy (non-hydrogen) atoms. The van der Waals surface area contributed by atoms with Crippen LogP contribution in [0.4, 0.5) is 5.69 Å². The third-order valence-electron chi connectivity index (χ3n) is 4.24. The monoisotopic (exact) mass is 381 g/mol. The van der Waals surface area contributed by atoms with Gasteiger partial charge in [0, 0.05) is 21.7 Å². The number of hydrogen-bond acceptors (Lipinski definition) is 4. The smallest absolute Gasteiger partial charge is 0.259 e. The second-order valence-electron chi connectivity index (χ2n) is 5.96. The predicted octanol–water partition coefficient (Wildman–Crippen LogP) is 4.37. The zero-order valence-corrected chi connectivity index (χ0v) is 15.9. The van der Waals surface area contributed by atoms with Crippen LogP contribution in [0.25, 0.3) is 10.8 Å². The molecular formula is C21H20ClN3O2. The Morgan fingerprint density at radius 2 is 1.89 bits per heavy atom. The van der Waals surface area contributed by atoms with Crippen molar-refractivity contribution in [2.75, 3.05) is 19.0 Å². The number of amides is 1. The highest BCUT2D eigenvalue weighted by molar-refractivity contribution is 6.31. The summed E-state index contributed by atoms with van der Waals surface area (Å²) in [5.41, 5.74) is 5.15. The summed E-state index contributed by atoms with van der Waals surface area (Å²) in [6, 6.07) is 17.2. The van der Waals surface area contributed by atoms with Crippen LogP contribution >= 0.6 is 11.6 Å². The molecule has 2 N–H and O–H groups in total. The van der Waals surface area contributed by atoms with Gasteiger partial charge in [-0.25, -0.2) is 5.43 Å². The van der Waals surface area contributed by atoms with E-state index in [4.69, 9.17) is 16.3 Å². The molecule has 6 heteroatoms. The summed E-state index contributed by atoms with van der Waals surface area (Å²) in [6.45, 7) is 2.00. The first-order valence-electron chi connectivity index (χ1n) is 8.47. The maximum atomic E-state index is 12.0. The Kier molecular flexibility index (Phi) is 5.94. The summed E-state index contributed by atoms with van der Waals surface area (Å²) in [5.74, 6) is 0.552. The number of fused-ring (bicyclic) bond motifs is 1. The Morgan fingerprint density at radius 1 is 1.11 bits per heavy atom. The van der Waals surface area contributed by atoms with Crippen molar-refractivity contribution in [1.29, 1.82) is 0 Å². The van der Waals surface area contributed by atoms with Gasteiger partial charge in [0.05, 0.1) is 19.9 Å². The number of hydrogen-bond donors (Lipinski definition) is 2. The fourth-order valence-corrected chi connectivity index (χ4v) is 2.95. The van der Waals surface area contributed by atoms with Crippen LogP contribution in [-0.4, -0.2) is 25.8 Å². The molecule has 0 bridgehead atoms. The van der Waals surface area contributed by atoms with Crippen molar-refractivity contribution in [3.63, 3.8) is 0 Å². The van der Waals surface area contributed by atoms with Crippen LogP contribution in [0.5, 0.6) is 5.75 Å². The fourth-order valence-electron chi connectivity index (χ4n) is 2.77. The minimum Gasteiger partial charge on any atom is -0.496 e. The molecule has 138 valence electrons. The highest BCUT2D eigenvalue weighted by Gasteiger charge is 2.06. The number of rotatable bonds is 6. The van der Waals surface area contributed by atoms with E-state index in [0.29, 0.717) is 5.02 Å². The van der Waals surface area contributed by atoms with E-state index in [9.17, 15) is 4.79 Å². The normalized spacial score (nSPS) is 10.9. The Morgan fingerprint density at radius 3 is 2.67 bits per heavy atom. The number of halogens is 1. The number of hydrazone groups is 1. The minimum absolute atomic E-state index is 0.0991. The molecular weight excluding hydrogens is 362 g/mol. The molecule has 0 spiro atoms. The first kappa shape index (κ1) is 18.7. The fraction of sp³-hybridized carbons (Fsp3) is 0.143. The van der Waals surface area contributed by atoms with Crippen LogP contribution in [0.1, 0.15) is 11.1 Å². The van der Waals surface area contributed by atoms with E-state index >= 15 is 0 Å². The Bertz CT molecular complexity index is 1000. The Hall–Kier alpha value is -3.05. The van der Waals surface area contributed by atoms with Crippen molar-refractivity contribution in [1.82, 2.24) is 5.43 Å². The van der Waals surface area contributed by atoms with Gasteiger partial charge in [-0.15, -0.1) is 0 Å². The molecule has 0 fully saturated rings. The van der Waals surface area contributed by atoms with E-state index in [2.05, 4.69) is 15.8 Å². The van der Waals surface area contributed by atoms with Crippen LogP contribution in [0.3, 0.4) is 0 Å². The van der Waals surface area contributed by atoms with Crippen molar-refractivity contribution >= 4 is 40.2 Å². The highest BCUT2D eigenvalue weighted by atomic mass is 35.5. The van der Waals surface area contributed by atoms with Crippen LogP contribution in [0, 0.1) is 6.92 Å². The summed E-state index contributed by atoms with van der Waals surface area (Å²) in [7, 11) is 1.64. The van der Waals surface area contributed by atoms with Gasteiger partial charge in [-0.2, -0.15) is 5.10 Å². The SMILES string of the molecule is COc1ccc(C=NNC(=O)CNc2cccc(Cl)c2C)c2ccccc12. The molecule has 0 saturated heterocycles. The van der Waals surface area contributed by atoms with Crippen molar-refractivity contribution in [2.45, 2.75) is 6.92 Å². The standard InChI is InChI=1S/C21H20ClN3O2/c1-14-18(22)8-5-9-19(14)23-13-21(26)25-24-12-15-10-11-20(27-2)17-7-4-3-6-16(15)17/h3-12,23H,13H2,1-2H3,(H,25,26). The van der Waals surface area contributed by atoms with Crippen molar-refractivity contribution in [3.8, 4) is 5.75 Å². The summed E-state index contributed by atoms with van der Waals surface area (Å²) in [4.78, 5) is 12.0. The number of nitrogens with zero attached hydrogens (tertiary/aromatic N) is 1. The third-order valence-corrected chi connectivity index (χ3v) is 4.65. The maximum absolute atomic E-state index is 12.0. The van der Waals surface area contributed by atoms with Gasteiger partial charge in [-0.1, -0.05) is 41.9 Å². The molecule has 5 nitrogen and oxygen atoms in total. The topological polar surface area (TPSA) is 62.7 Å². The summed E-state index contributed by atoms with van der Waals surface area (Å²) < 4.78 is 5.39. The van der Waals surface area contributed by atoms with E-state index in [1.165, 1.54) is 0 Å². The highest BCUT2D eigenvalue weighted by Crippen LogP contribution is 2.27. The number of ether oxygens (including phenoxy) is 1. The van der Waals surface area contributed by atoms with Crippen LogP contribution < -0.4 is 15.5 Å². The number of methoxy groups -OCH3 is 1. The van der Waals surface area contributed by atoms with Crippen molar-refractivity contribution in [2.24, 2.45) is 5.10 Å². The number of carbonyl (C=O) groups is 1. The Balaban J connectivity index is 1.65. The van der Waals surface area contributed by atoms with Gasteiger partial charge in [0.2, 0.25) is 0 Å². The quantitative estimate of drug-likeness (QED) is 0.492. The van der Waals surface area contributed by atoms with Crippen molar-refractivity contribution in [3.05, 3.63) is 70.7 Å². The van der Waals surface area contributed by atoms with Gasteiger partial charge in [0.25, 0.3) is 5.91 Å². The molecule has 0 radical (unpaired) electrons. The van der Waals surface area contributed by atoms with Crippen LogP contribution in [-0.2, 0) is 4.79 Å². The molecule has 3 rings (SSSR count). The third kappa shape index (κ3) is 4.38. The molecule has 0 aliphatic heterocycles. The van der Waals surface area contributed by atoms with Gasteiger partial charge in [-0.05, 0) is 42.1 Å². The molecule has 1 amide bonds. The zero-order chi connectivity index (χ0) is 19.2. The minimum atomic E-state index is -0.247. The molecule has 0 aliphatic carbocycles. The van der Waals surface area contributed by atoms with Gasteiger partial charge in [-0.3, -0.25) is 4.79 Å². The summed E-state index contributed by atoms with van der Waals surface area (Å²) in [6.07, 6.45) is 1.63. The zero-order valence-electron chi connectivity index (χ0n) is 15.1. The van der Waals surface area contributed by atoms with Gasteiger partial charge in [0.15, 0.2) is 0 Å². The first-order chi connectivity index (χ1) is 13.1. The Labute approximate surface area is 163 Å². The molecule has 0 heterocycles. The van der Waals surface area contributed by atoms with E-state index in [1.807, 2.05) is 61.5 Å². The number of carbonyl (C=O) groups excluding carboxylic acids is 1. The lowest BCUT2D eigenvalue weighted by molar-refractivity contribution is -0.119. The molecule has 3 aromatic carbocycles. The predicted molar refractivity (Wildman–Crippen MR) is 111 cm³/mol. The second-order valence-corrected chi connectivity index (χ2v) is 6.37. The van der Waals surface area contributed by atoms with E-state index in [-0.39, 0.29) is 12.5 Å².